The van der Waals surface area contributed by atoms with E-state index in [1.807, 2.05) is 35.0 Å². The summed E-state index contributed by atoms with van der Waals surface area (Å²) in [6.07, 6.45) is 1.63. The number of rotatable bonds is 4. The molecule has 0 saturated carbocycles. The van der Waals surface area contributed by atoms with Crippen LogP contribution in [0.2, 0.25) is 0 Å². The number of carbonyl (C=O) groups is 1. The Kier molecular flexibility index (Phi) is 3.91. The number of nitrogens with zero attached hydrogens (tertiary/aromatic N) is 2. The summed E-state index contributed by atoms with van der Waals surface area (Å²) >= 11 is 4.94. The molecule has 0 amide bonds. The van der Waals surface area contributed by atoms with Crippen LogP contribution in [0.4, 0.5) is 0 Å². The van der Waals surface area contributed by atoms with Crippen LogP contribution in [-0.2, 0) is 11.3 Å². The quantitative estimate of drug-likeness (QED) is 0.510. The van der Waals surface area contributed by atoms with Crippen molar-refractivity contribution in [3.05, 3.63) is 57.1 Å². The van der Waals surface area contributed by atoms with E-state index in [-0.39, 0.29) is 6.61 Å². The zero-order chi connectivity index (χ0) is 16.5. The van der Waals surface area contributed by atoms with Crippen LogP contribution in [0.25, 0.3) is 22.4 Å². The van der Waals surface area contributed by atoms with Crippen molar-refractivity contribution in [3.63, 3.8) is 0 Å². The fraction of sp³-hybridized carbons (Fsp3) is 0.0625. The third kappa shape index (κ3) is 2.85. The molecule has 0 aliphatic rings. The van der Waals surface area contributed by atoms with E-state index in [1.165, 1.54) is 0 Å². The number of nitrogens with one attached hydrogen (secondary N) is 1. The third-order valence-corrected chi connectivity index (χ3v) is 4.61. The van der Waals surface area contributed by atoms with Crippen molar-refractivity contribution in [2.75, 3.05) is 0 Å². The van der Waals surface area contributed by atoms with Gasteiger partial charge >= 0.3 is 5.97 Å². The van der Waals surface area contributed by atoms with Gasteiger partial charge in [0, 0.05) is 27.0 Å². The smallest absolute Gasteiger partial charge is 0.340 e. The standard InChI is InChI=1S/C16H10BrN3O3S/c17-10-1-2-13-11(5-10)12(6-18-13)16(21)22-7-14-19-15(23-20-14)9-3-4-24-8-9/h1-6,8,18H,7H2. The molecule has 0 fully saturated rings. The van der Waals surface area contributed by atoms with E-state index in [0.717, 1.165) is 20.9 Å². The summed E-state index contributed by atoms with van der Waals surface area (Å²) in [4.78, 5) is 19.6. The molecular weight excluding hydrogens is 394 g/mol. The molecule has 0 radical (unpaired) electrons. The van der Waals surface area contributed by atoms with Gasteiger partial charge in [-0.3, -0.25) is 0 Å². The van der Waals surface area contributed by atoms with Crippen molar-refractivity contribution in [1.29, 1.82) is 0 Å². The minimum atomic E-state index is -0.443. The van der Waals surface area contributed by atoms with Gasteiger partial charge in [0.15, 0.2) is 6.61 Å². The SMILES string of the molecule is O=C(OCc1noc(-c2ccsc2)n1)c1c[nH]c2ccc(Br)cc12. The first-order chi connectivity index (χ1) is 11.7. The van der Waals surface area contributed by atoms with E-state index in [4.69, 9.17) is 9.26 Å². The first-order valence-corrected chi connectivity index (χ1v) is 8.73. The van der Waals surface area contributed by atoms with Gasteiger partial charge in [0.25, 0.3) is 5.89 Å². The van der Waals surface area contributed by atoms with Crippen LogP contribution >= 0.6 is 27.3 Å². The van der Waals surface area contributed by atoms with Crippen LogP contribution in [0.15, 0.2) is 50.2 Å². The molecule has 0 aliphatic heterocycles. The van der Waals surface area contributed by atoms with Crippen LogP contribution in [0.1, 0.15) is 16.2 Å². The van der Waals surface area contributed by atoms with E-state index in [9.17, 15) is 4.79 Å². The number of thiophene rings is 1. The number of carbonyl (C=O) groups excluding carboxylic acids is 1. The summed E-state index contributed by atoms with van der Waals surface area (Å²) in [5.74, 6) is 0.296. The van der Waals surface area contributed by atoms with E-state index < -0.39 is 5.97 Å². The third-order valence-electron chi connectivity index (χ3n) is 3.43. The zero-order valence-corrected chi connectivity index (χ0v) is 14.6. The predicted molar refractivity (Wildman–Crippen MR) is 92.7 cm³/mol. The Balaban J connectivity index is 1.49. The number of esters is 1. The fourth-order valence-electron chi connectivity index (χ4n) is 2.29. The molecule has 24 heavy (non-hydrogen) atoms. The Hall–Kier alpha value is -2.45. The lowest BCUT2D eigenvalue weighted by molar-refractivity contribution is 0.0462. The molecular formula is C16H10BrN3O3S. The largest absolute Gasteiger partial charge is 0.454 e. The van der Waals surface area contributed by atoms with Crippen molar-refractivity contribution in [2.45, 2.75) is 6.61 Å². The summed E-state index contributed by atoms with van der Waals surface area (Å²) in [5.41, 5.74) is 2.18. The first kappa shape index (κ1) is 15.1. The molecule has 0 bridgehead atoms. The fourth-order valence-corrected chi connectivity index (χ4v) is 3.28. The Morgan fingerprint density at radius 1 is 1.38 bits per heavy atom. The van der Waals surface area contributed by atoms with Gasteiger partial charge in [0.2, 0.25) is 5.82 Å². The molecule has 0 unspecified atom stereocenters. The number of benzene rings is 1. The van der Waals surface area contributed by atoms with E-state index in [2.05, 4.69) is 31.1 Å². The highest BCUT2D eigenvalue weighted by atomic mass is 79.9. The van der Waals surface area contributed by atoms with Gasteiger partial charge in [0.05, 0.1) is 11.1 Å². The predicted octanol–water partition coefficient (Wildman–Crippen LogP) is 4.40. The normalized spacial score (nSPS) is 11.0. The summed E-state index contributed by atoms with van der Waals surface area (Å²) in [6.45, 7) is -0.0485. The number of aromatic amines is 1. The van der Waals surface area contributed by atoms with Crippen LogP contribution in [-0.4, -0.2) is 21.1 Å². The molecule has 0 saturated heterocycles. The zero-order valence-electron chi connectivity index (χ0n) is 12.2. The average molecular weight is 404 g/mol. The molecule has 120 valence electrons. The van der Waals surface area contributed by atoms with Gasteiger partial charge in [-0.05, 0) is 29.6 Å². The summed E-state index contributed by atoms with van der Waals surface area (Å²) in [7, 11) is 0. The lowest BCUT2D eigenvalue weighted by Crippen LogP contribution is -2.05. The molecule has 3 heterocycles. The van der Waals surface area contributed by atoms with Crippen LogP contribution in [0.3, 0.4) is 0 Å². The molecule has 4 aromatic rings. The molecule has 3 aromatic heterocycles. The second-order valence-corrected chi connectivity index (χ2v) is 6.69. The topological polar surface area (TPSA) is 81.0 Å². The van der Waals surface area contributed by atoms with Gasteiger partial charge in [-0.15, -0.1) is 0 Å². The Morgan fingerprint density at radius 3 is 3.12 bits per heavy atom. The molecule has 0 spiro atoms. The maximum absolute atomic E-state index is 12.3. The molecule has 1 aromatic carbocycles. The molecule has 6 nitrogen and oxygen atoms in total. The Morgan fingerprint density at radius 2 is 2.29 bits per heavy atom. The lowest BCUT2D eigenvalue weighted by Gasteiger charge is -2.01. The number of fused-ring (bicyclic) bond motifs is 1. The van der Waals surface area contributed by atoms with Crippen LogP contribution in [0.5, 0.6) is 0 Å². The maximum atomic E-state index is 12.3. The highest BCUT2D eigenvalue weighted by Gasteiger charge is 2.16. The molecule has 1 N–H and O–H groups in total. The highest BCUT2D eigenvalue weighted by Crippen LogP contribution is 2.24. The summed E-state index contributed by atoms with van der Waals surface area (Å²) in [6, 6.07) is 7.55. The number of halogens is 1. The van der Waals surface area contributed by atoms with Crippen molar-refractivity contribution in [3.8, 4) is 11.5 Å². The highest BCUT2D eigenvalue weighted by molar-refractivity contribution is 9.10. The number of hydrogen-bond donors (Lipinski definition) is 1. The molecule has 8 heteroatoms. The maximum Gasteiger partial charge on any atom is 0.340 e. The van der Waals surface area contributed by atoms with Crippen molar-refractivity contribution < 1.29 is 14.1 Å². The number of aromatic nitrogens is 3. The molecule has 0 atom stereocenters. The van der Waals surface area contributed by atoms with Gasteiger partial charge in [-0.25, -0.2) is 4.79 Å². The van der Waals surface area contributed by atoms with E-state index >= 15 is 0 Å². The van der Waals surface area contributed by atoms with Crippen molar-refractivity contribution in [2.24, 2.45) is 0 Å². The number of ether oxygens (including phenoxy) is 1. The summed E-state index contributed by atoms with van der Waals surface area (Å²) < 4.78 is 11.3. The second kappa shape index (κ2) is 6.21. The number of hydrogen-bond acceptors (Lipinski definition) is 6. The Labute approximate surface area is 148 Å². The molecule has 0 aliphatic carbocycles. The monoisotopic (exact) mass is 403 g/mol. The van der Waals surface area contributed by atoms with Crippen LogP contribution in [0, 0.1) is 0 Å². The minimum absolute atomic E-state index is 0.0485. The van der Waals surface area contributed by atoms with Gasteiger partial charge in [-0.2, -0.15) is 16.3 Å². The van der Waals surface area contributed by atoms with Gasteiger partial charge < -0.3 is 14.2 Å². The van der Waals surface area contributed by atoms with Gasteiger partial charge in [-0.1, -0.05) is 21.1 Å². The Bertz CT molecular complexity index is 1010. The van der Waals surface area contributed by atoms with Crippen LogP contribution < -0.4 is 0 Å². The average Bonchev–Trinajstić information content (AvgIpc) is 3.31. The minimum Gasteiger partial charge on any atom is -0.454 e. The number of H-pyrrole nitrogens is 1. The van der Waals surface area contributed by atoms with Crippen molar-refractivity contribution in [1.82, 2.24) is 15.1 Å². The second-order valence-electron chi connectivity index (χ2n) is 5.00. The van der Waals surface area contributed by atoms with Crippen molar-refractivity contribution >= 4 is 44.1 Å². The summed E-state index contributed by atoms with van der Waals surface area (Å²) in [5, 5.41) is 8.46. The van der Waals surface area contributed by atoms with Gasteiger partial charge in [0.1, 0.15) is 0 Å². The van der Waals surface area contributed by atoms with E-state index in [1.54, 1.807) is 17.5 Å². The lowest BCUT2D eigenvalue weighted by atomic mass is 10.2. The molecule has 4 rings (SSSR count). The van der Waals surface area contributed by atoms with E-state index in [0.29, 0.717) is 17.3 Å². The first-order valence-electron chi connectivity index (χ1n) is 6.99.